The van der Waals surface area contributed by atoms with Crippen molar-refractivity contribution in [1.82, 2.24) is 10.2 Å². The molecule has 0 bridgehead atoms. The second-order valence-electron chi connectivity index (χ2n) is 4.12. The van der Waals surface area contributed by atoms with E-state index in [0.717, 1.165) is 45.5 Å². The van der Waals surface area contributed by atoms with E-state index in [1.54, 1.807) is 7.11 Å². The highest BCUT2D eigenvalue weighted by atomic mass is 16.5. The summed E-state index contributed by atoms with van der Waals surface area (Å²) in [5.74, 6) is 0.630. The summed E-state index contributed by atoms with van der Waals surface area (Å²) in [6.07, 6.45) is 3.12. The van der Waals surface area contributed by atoms with Gasteiger partial charge in [-0.3, -0.25) is 0 Å². The van der Waals surface area contributed by atoms with Gasteiger partial charge in [-0.15, -0.1) is 0 Å². The number of amides is 2. The molecule has 88 valence electrons. The number of rotatable bonds is 4. The predicted molar refractivity (Wildman–Crippen MR) is 59.9 cm³/mol. The molecule has 0 unspecified atom stereocenters. The summed E-state index contributed by atoms with van der Waals surface area (Å²) in [7, 11) is 1.74. The number of nitrogens with one attached hydrogen (secondary N) is 1. The zero-order valence-corrected chi connectivity index (χ0v) is 9.79. The first kappa shape index (κ1) is 12.3. The second-order valence-corrected chi connectivity index (χ2v) is 4.12. The molecule has 4 heteroatoms. The molecule has 0 spiro atoms. The number of hydrogen-bond acceptors (Lipinski definition) is 2. The molecule has 1 N–H and O–H groups in total. The van der Waals surface area contributed by atoms with Crippen LogP contribution < -0.4 is 5.32 Å². The van der Waals surface area contributed by atoms with Crippen LogP contribution in [-0.2, 0) is 4.74 Å². The third-order valence-electron chi connectivity index (χ3n) is 2.83. The molecule has 1 aliphatic rings. The first-order valence-corrected chi connectivity index (χ1v) is 5.79. The Balaban J connectivity index is 2.21. The summed E-state index contributed by atoms with van der Waals surface area (Å²) < 4.78 is 5.12. The van der Waals surface area contributed by atoms with E-state index in [1.165, 1.54) is 0 Å². The van der Waals surface area contributed by atoms with Crippen LogP contribution in [-0.4, -0.2) is 44.3 Å². The van der Waals surface area contributed by atoms with Crippen LogP contribution in [0.5, 0.6) is 0 Å². The highest BCUT2D eigenvalue weighted by molar-refractivity contribution is 5.74. The van der Waals surface area contributed by atoms with E-state index in [9.17, 15) is 4.79 Å². The lowest BCUT2D eigenvalue weighted by Crippen LogP contribution is -2.45. The van der Waals surface area contributed by atoms with Crippen molar-refractivity contribution in [2.75, 3.05) is 33.4 Å². The highest BCUT2D eigenvalue weighted by Crippen LogP contribution is 2.16. The number of carbonyl (C=O) groups excluding carboxylic acids is 1. The van der Waals surface area contributed by atoms with Gasteiger partial charge < -0.3 is 15.0 Å². The molecule has 0 atom stereocenters. The molecule has 1 saturated heterocycles. The quantitative estimate of drug-likeness (QED) is 0.770. The van der Waals surface area contributed by atoms with Gasteiger partial charge in [-0.25, -0.2) is 4.79 Å². The summed E-state index contributed by atoms with van der Waals surface area (Å²) in [6.45, 7) is 5.39. The third-order valence-corrected chi connectivity index (χ3v) is 2.83. The minimum atomic E-state index is 0.0905. The van der Waals surface area contributed by atoms with Crippen LogP contribution in [0.4, 0.5) is 4.79 Å². The van der Waals surface area contributed by atoms with Gasteiger partial charge in [-0.05, 0) is 25.2 Å². The maximum atomic E-state index is 11.6. The molecular formula is C11H22N2O2. The molecule has 0 aromatic heterocycles. The van der Waals surface area contributed by atoms with Crippen molar-refractivity contribution in [1.29, 1.82) is 0 Å². The van der Waals surface area contributed by atoms with Gasteiger partial charge >= 0.3 is 6.03 Å². The highest BCUT2D eigenvalue weighted by Gasteiger charge is 2.21. The zero-order chi connectivity index (χ0) is 11.1. The Morgan fingerprint density at radius 2 is 2.13 bits per heavy atom. The average Bonchev–Trinajstić information content (AvgIpc) is 2.27. The molecular weight excluding hydrogens is 192 g/mol. The van der Waals surface area contributed by atoms with Gasteiger partial charge in [-0.2, -0.15) is 0 Å². The van der Waals surface area contributed by atoms with Crippen LogP contribution in [0.25, 0.3) is 0 Å². The van der Waals surface area contributed by atoms with Crippen molar-refractivity contribution in [3.63, 3.8) is 0 Å². The number of likely N-dealkylation sites (tertiary alicyclic amines) is 1. The topological polar surface area (TPSA) is 41.6 Å². The molecule has 1 heterocycles. The van der Waals surface area contributed by atoms with Crippen molar-refractivity contribution in [3.05, 3.63) is 0 Å². The first-order valence-electron chi connectivity index (χ1n) is 5.79. The molecule has 0 aliphatic carbocycles. The molecule has 1 rings (SSSR count). The fraction of sp³-hybridized carbons (Fsp3) is 0.909. The summed E-state index contributed by atoms with van der Waals surface area (Å²) in [4.78, 5) is 13.5. The molecule has 0 radical (unpaired) electrons. The summed E-state index contributed by atoms with van der Waals surface area (Å²) >= 11 is 0. The van der Waals surface area contributed by atoms with Crippen LogP contribution in [0.3, 0.4) is 0 Å². The van der Waals surface area contributed by atoms with Crippen LogP contribution in [0, 0.1) is 5.92 Å². The average molecular weight is 214 g/mol. The van der Waals surface area contributed by atoms with Gasteiger partial charge in [0.15, 0.2) is 0 Å². The SMILES string of the molecule is CCCNC(=O)N1CCC(COC)CC1. The molecule has 1 aliphatic heterocycles. The Bertz CT molecular complexity index is 189. The normalized spacial score (nSPS) is 17.9. The van der Waals surface area contributed by atoms with Crippen molar-refractivity contribution < 1.29 is 9.53 Å². The fourth-order valence-corrected chi connectivity index (χ4v) is 1.88. The molecule has 15 heavy (non-hydrogen) atoms. The van der Waals surface area contributed by atoms with Gasteiger partial charge in [0.25, 0.3) is 0 Å². The molecule has 2 amide bonds. The summed E-state index contributed by atoms with van der Waals surface area (Å²) in [6, 6.07) is 0.0905. The molecule has 1 fully saturated rings. The van der Waals surface area contributed by atoms with E-state index in [4.69, 9.17) is 4.74 Å². The molecule has 0 aromatic carbocycles. The van der Waals surface area contributed by atoms with E-state index in [-0.39, 0.29) is 6.03 Å². The van der Waals surface area contributed by atoms with Gasteiger partial charge in [0.05, 0.1) is 0 Å². The van der Waals surface area contributed by atoms with E-state index in [0.29, 0.717) is 5.92 Å². The number of urea groups is 1. The Labute approximate surface area is 92.0 Å². The largest absolute Gasteiger partial charge is 0.384 e. The van der Waals surface area contributed by atoms with E-state index < -0.39 is 0 Å². The van der Waals surface area contributed by atoms with Gasteiger partial charge in [0, 0.05) is 33.4 Å². The minimum absolute atomic E-state index is 0.0905. The van der Waals surface area contributed by atoms with Gasteiger partial charge in [-0.1, -0.05) is 6.92 Å². The lowest BCUT2D eigenvalue weighted by atomic mass is 9.98. The van der Waals surface area contributed by atoms with E-state index >= 15 is 0 Å². The minimum Gasteiger partial charge on any atom is -0.384 e. The molecule has 0 saturated carbocycles. The zero-order valence-electron chi connectivity index (χ0n) is 9.79. The van der Waals surface area contributed by atoms with Crippen LogP contribution in [0.15, 0.2) is 0 Å². The number of hydrogen-bond donors (Lipinski definition) is 1. The Kier molecular flexibility index (Phi) is 5.47. The standard InChI is InChI=1S/C11H22N2O2/c1-3-6-12-11(14)13-7-4-10(5-8-13)9-15-2/h10H,3-9H2,1-2H3,(H,12,14). The molecule has 4 nitrogen and oxygen atoms in total. The maximum absolute atomic E-state index is 11.6. The van der Waals surface area contributed by atoms with Crippen molar-refractivity contribution in [2.24, 2.45) is 5.92 Å². The number of ether oxygens (including phenoxy) is 1. The van der Waals surface area contributed by atoms with Crippen molar-refractivity contribution in [2.45, 2.75) is 26.2 Å². The van der Waals surface area contributed by atoms with Crippen molar-refractivity contribution in [3.8, 4) is 0 Å². The smallest absolute Gasteiger partial charge is 0.317 e. The van der Waals surface area contributed by atoms with Gasteiger partial charge in [0.1, 0.15) is 0 Å². The second kappa shape index (κ2) is 6.67. The number of nitrogens with zero attached hydrogens (tertiary/aromatic N) is 1. The van der Waals surface area contributed by atoms with Crippen molar-refractivity contribution >= 4 is 6.03 Å². The first-order chi connectivity index (χ1) is 7.27. The molecule has 0 aromatic rings. The Hall–Kier alpha value is -0.770. The maximum Gasteiger partial charge on any atom is 0.317 e. The van der Waals surface area contributed by atoms with E-state index in [1.807, 2.05) is 4.90 Å². The fourth-order valence-electron chi connectivity index (χ4n) is 1.88. The predicted octanol–water partition coefficient (Wildman–Crippen LogP) is 1.46. The lowest BCUT2D eigenvalue weighted by Gasteiger charge is -2.31. The third kappa shape index (κ3) is 4.08. The number of carbonyl (C=O) groups is 1. The summed E-state index contributed by atoms with van der Waals surface area (Å²) in [5, 5.41) is 2.90. The number of piperidine rings is 1. The van der Waals surface area contributed by atoms with Crippen LogP contribution >= 0.6 is 0 Å². The number of methoxy groups -OCH3 is 1. The Morgan fingerprint density at radius 3 is 2.67 bits per heavy atom. The lowest BCUT2D eigenvalue weighted by molar-refractivity contribution is 0.107. The van der Waals surface area contributed by atoms with Crippen LogP contribution in [0.2, 0.25) is 0 Å². The summed E-state index contributed by atoms with van der Waals surface area (Å²) in [5.41, 5.74) is 0. The van der Waals surface area contributed by atoms with Crippen LogP contribution in [0.1, 0.15) is 26.2 Å². The Morgan fingerprint density at radius 1 is 1.47 bits per heavy atom. The van der Waals surface area contributed by atoms with Gasteiger partial charge in [0.2, 0.25) is 0 Å². The van der Waals surface area contributed by atoms with E-state index in [2.05, 4.69) is 12.2 Å². The monoisotopic (exact) mass is 214 g/mol.